The van der Waals surface area contributed by atoms with Gasteiger partial charge in [0, 0.05) is 0 Å². The molecule has 2 N–H and O–H groups in total. The summed E-state index contributed by atoms with van der Waals surface area (Å²) < 4.78 is 10.7. The van der Waals surface area contributed by atoms with Gasteiger partial charge >= 0.3 is 5.97 Å². The van der Waals surface area contributed by atoms with Crippen LogP contribution in [-0.2, 0) is 0 Å². The van der Waals surface area contributed by atoms with Crippen molar-refractivity contribution in [2.24, 2.45) is 5.92 Å². The van der Waals surface area contributed by atoms with E-state index in [-0.39, 0.29) is 12.2 Å². The van der Waals surface area contributed by atoms with Crippen molar-refractivity contribution >= 4 is 5.97 Å². The summed E-state index contributed by atoms with van der Waals surface area (Å²) in [5.41, 5.74) is 0.144. The second kappa shape index (κ2) is 7.31. The van der Waals surface area contributed by atoms with E-state index in [0.717, 1.165) is 6.42 Å². The van der Waals surface area contributed by atoms with Gasteiger partial charge in [-0.15, -0.1) is 0 Å². The van der Waals surface area contributed by atoms with Crippen LogP contribution in [0.3, 0.4) is 0 Å². The van der Waals surface area contributed by atoms with Gasteiger partial charge in [0.25, 0.3) is 0 Å². The standard InChI is InChI=1S/C16H22O5/c1-20-15-9-12(16(18)19)6-7-14(15)21-10-13(17)8-11-4-2-3-5-11/h6-7,9,11,13,17H,2-5,8,10H2,1H3,(H,18,19). The Labute approximate surface area is 124 Å². The normalized spacial score (nSPS) is 16.7. The molecule has 5 heteroatoms. The number of aromatic carboxylic acids is 1. The molecule has 0 saturated heterocycles. The molecule has 1 aromatic rings. The molecule has 1 aromatic carbocycles. The fraction of sp³-hybridized carbons (Fsp3) is 0.562. The van der Waals surface area contributed by atoms with Crippen LogP contribution in [0.4, 0.5) is 0 Å². The first kappa shape index (κ1) is 15.6. The van der Waals surface area contributed by atoms with Crippen LogP contribution >= 0.6 is 0 Å². The zero-order valence-electron chi connectivity index (χ0n) is 12.2. The van der Waals surface area contributed by atoms with Crippen LogP contribution in [0.1, 0.15) is 42.5 Å². The Kier molecular flexibility index (Phi) is 5.44. The zero-order valence-corrected chi connectivity index (χ0v) is 12.2. The van der Waals surface area contributed by atoms with Gasteiger partial charge in [0.1, 0.15) is 6.61 Å². The van der Waals surface area contributed by atoms with E-state index in [4.69, 9.17) is 14.6 Å². The van der Waals surface area contributed by atoms with Crippen molar-refractivity contribution in [3.8, 4) is 11.5 Å². The average Bonchev–Trinajstić information content (AvgIpc) is 2.97. The average molecular weight is 294 g/mol. The molecule has 1 atom stereocenters. The molecule has 0 heterocycles. The number of hydrogen-bond acceptors (Lipinski definition) is 4. The maximum Gasteiger partial charge on any atom is 0.335 e. The Morgan fingerprint density at radius 1 is 1.33 bits per heavy atom. The quantitative estimate of drug-likeness (QED) is 0.808. The zero-order chi connectivity index (χ0) is 15.2. The molecule has 21 heavy (non-hydrogen) atoms. The van der Waals surface area contributed by atoms with E-state index in [1.165, 1.54) is 44.9 Å². The van der Waals surface area contributed by atoms with Gasteiger partial charge in [-0.25, -0.2) is 4.79 Å². The molecule has 0 aromatic heterocycles. The number of aliphatic hydroxyl groups excluding tert-OH is 1. The predicted molar refractivity (Wildman–Crippen MR) is 78.0 cm³/mol. The minimum absolute atomic E-state index is 0.144. The minimum atomic E-state index is -1.01. The molecule has 2 rings (SSSR count). The van der Waals surface area contributed by atoms with Gasteiger partial charge in [0.05, 0.1) is 18.8 Å². The van der Waals surface area contributed by atoms with Crippen LogP contribution in [0.2, 0.25) is 0 Å². The summed E-state index contributed by atoms with van der Waals surface area (Å²) in [6, 6.07) is 4.44. The second-order valence-corrected chi connectivity index (χ2v) is 5.52. The largest absolute Gasteiger partial charge is 0.493 e. The predicted octanol–water partition coefficient (Wildman–Crippen LogP) is 2.71. The molecule has 0 amide bonds. The first-order chi connectivity index (χ1) is 10.1. The van der Waals surface area contributed by atoms with Crippen LogP contribution in [0.25, 0.3) is 0 Å². The number of carboxylic acids is 1. The van der Waals surface area contributed by atoms with Crippen molar-refractivity contribution in [3.63, 3.8) is 0 Å². The summed E-state index contributed by atoms with van der Waals surface area (Å²) in [5, 5.41) is 19.0. The highest BCUT2D eigenvalue weighted by molar-refractivity contribution is 5.88. The van der Waals surface area contributed by atoms with Gasteiger partial charge in [-0.2, -0.15) is 0 Å². The fourth-order valence-corrected chi connectivity index (χ4v) is 2.80. The summed E-state index contributed by atoms with van der Waals surface area (Å²) >= 11 is 0. The molecule has 1 fully saturated rings. The third kappa shape index (κ3) is 4.36. The first-order valence-electron chi connectivity index (χ1n) is 7.32. The first-order valence-corrected chi connectivity index (χ1v) is 7.32. The lowest BCUT2D eigenvalue weighted by Crippen LogP contribution is -2.20. The molecule has 1 aliphatic carbocycles. The Hall–Kier alpha value is -1.75. The van der Waals surface area contributed by atoms with Crippen molar-refractivity contribution in [3.05, 3.63) is 23.8 Å². The lowest BCUT2D eigenvalue weighted by atomic mass is 10.0. The molecule has 1 aliphatic rings. The van der Waals surface area contributed by atoms with Gasteiger partial charge in [0.2, 0.25) is 0 Å². The van der Waals surface area contributed by atoms with E-state index in [2.05, 4.69) is 0 Å². The summed E-state index contributed by atoms with van der Waals surface area (Å²) in [6.45, 7) is 0.194. The van der Waals surface area contributed by atoms with E-state index < -0.39 is 12.1 Å². The number of hydrogen-bond donors (Lipinski definition) is 2. The molecule has 116 valence electrons. The van der Waals surface area contributed by atoms with E-state index in [0.29, 0.717) is 17.4 Å². The number of ether oxygens (including phenoxy) is 2. The van der Waals surface area contributed by atoms with Gasteiger partial charge in [-0.3, -0.25) is 0 Å². The van der Waals surface area contributed by atoms with Crippen molar-refractivity contribution in [2.75, 3.05) is 13.7 Å². The maximum atomic E-state index is 10.9. The van der Waals surface area contributed by atoms with Crippen LogP contribution in [-0.4, -0.2) is 36.0 Å². The van der Waals surface area contributed by atoms with Gasteiger partial charge < -0.3 is 19.7 Å². The maximum absolute atomic E-state index is 10.9. The Morgan fingerprint density at radius 3 is 2.67 bits per heavy atom. The third-order valence-corrected chi connectivity index (χ3v) is 3.92. The second-order valence-electron chi connectivity index (χ2n) is 5.52. The highest BCUT2D eigenvalue weighted by Gasteiger charge is 2.19. The monoisotopic (exact) mass is 294 g/mol. The Bertz CT molecular complexity index is 480. The molecular weight excluding hydrogens is 272 g/mol. The summed E-state index contributed by atoms with van der Waals surface area (Å²) in [7, 11) is 1.46. The molecule has 0 aliphatic heterocycles. The number of carboxylic acid groups (broad SMARTS) is 1. The molecular formula is C16H22O5. The summed E-state index contributed by atoms with van der Waals surface area (Å²) in [4.78, 5) is 10.9. The minimum Gasteiger partial charge on any atom is -0.493 e. The topological polar surface area (TPSA) is 76.0 Å². The van der Waals surface area contributed by atoms with Crippen molar-refractivity contribution in [1.29, 1.82) is 0 Å². The van der Waals surface area contributed by atoms with Crippen LogP contribution in [0.15, 0.2) is 18.2 Å². The van der Waals surface area contributed by atoms with E-state index in [1.807, 2.05) is 0 Å². The van der Waals surface area contributed by atoms with Crippen LogP contribution in [0, 0.1) is 5.92 Å². The van der Waals surface area contributed by atoms with Gasteiger partial charge in [-0.1, -0.05) is 25.7 Å². The molecule has 0 radical (unpaired) electrons. The highest BCUT2D eigenvalue weighted by atomic mass is 16.5. The Morgan fingerprint density at radius 2 is 2.05 bits per heavy atom. The lowest BCUT2D eigenvalue weighted by Gasteiger charge is -2.17. The third-order valence-electron chi connectivity index (χ3n) is 3.92. The van der Waals surface area contributed by atoms with E-state index >= 15 is 0 Å². The number of methoxy groups -OCH3 is 1. The number of benzene rings is 1. The van der Waals surface area contributed by atoms with Crippen molar-refractivity contribution < 1.29 is 24.5 Å². The van der Waals surface area contributed by atoms with E-state index in [1.54, 1.807) is 6.07 Å². The fourth-order valence-electron chi connectivity index (χ4n) is 2.80. The molecule has 0 bridgehead atoms. The molecule has 0 spiro atoms. The van der Waals surface area contributed by atoms with Gasteiger partial charge in [0.15, 0.2) is 11.5 Å². The highest BCUT2D eigenvalue weighted by Crippen LogP contribution is 2.30. The molecule has 5 nitrogen and oxygen atoms in total. The summed E-state index contributed by atoms with van der Waals surface area (Å²) in [6.07, 6.45) is 5.14. The Balaban J connectivity index is 1.90. The van der Waals surface area contributed by atoms with Gasteiger partial charge in [-0.05, 0) is 30.5 Å². The molecule has 1 unspecified atom stereocenters. The number of carbonyl (C=O) groups is 1. The van der Waals surface area contributed by atoms with Crippen molar-refractivity contribution in [2.45, 2.75) is 38.2 Å². The molecule has 1 saturated carbocycles. The van der Waals surface area contributed by atoms with Crippen LogP contribution in [0.5, 0.6) is 11.5 Å². The lowest BCUT2D eigenvalue weighted by molar-refractivity contribution is 0.0695. The van der Waals surface area contributed by atoms with Crippen LogP contribution < -0.4 is 9.47 Å². The number of aliphatic hydroxyl groups is 1. The van der Waals surface area contributed by atoms with E-state index in [9.17, 15) is 9.90 Å². The van der Waals surface area contributed by atoms with Crippen molar-refractivity contribution in [1.82, 2.24) is 0 Å². The SMILES string of the molecule is COc1cc(C(=O)O)ccc1OCC(O)CC1CCCC1. The number of rotatable bonds is 7. The summed E-state index contributed by atoms with van der Waals surface area (Å²) in [5.74, 6) is 0.400. The smallest absolute Gasteiger partial charge is 0.335 e.